The summed E-state index contributed by atoms with van der Waals surface area (Å²) in [6.07, 6.45) is 9.50. The molecule has 0 unspecified atom stereocenters. The average Bonchev–Trinajstić information content (AvgIpc) is 3.44. The Labute approximate surface area is 132 Å². The Morgan fingerprint density at radius 3 is 2.52 bits per heavy atom. The minimum atomic E-state index is 0.777. The maximum atomic E-state index is 5.05. The van der Waals surface area contributed by atoms with Crippen LogP contribution in [0.25, 0.3) is 0 Å². The lowest BCUT2D eigenvalue weighted by molar-refractivity contribution is 0.395. The lowest BCUT2D eigenvalue weighted by Gasteiger charge is -2.31. The van der Waals surface area contributed by atoms with E-state index in [1.165, 1.54) is 73.7 Å². The van der Waals surface area contributed by atoms with Crippen LogP contribution in [0.15, 0.2) is 0 Å². The first kappa shape index (κ1) is 14.0. The van der Waals surface area contributed by atoms with E-state index in [2.05, 4.69) is 17.1 Å². The quantitative estimate of drug-likeness (QED) is 0.864. The number of hydrogen-bond donors (Lipinski definition) is 1. The topological polar surface area (TPSA) is 28.2 Å². The number of nitrogens with zero attached hydrogens (tertiary/aromatic N) is 2. The van der Waals surface area contributed by atoms with Crippen LogP contribution in [0.1, 0.15) is 68.4 Å². The fourth-order valence-corrected chi connectivity index (χ4v) is 4.49. The molecule has 0 spiro atoms. The van der Waals surface area contributed by atoms with Gasteiger partial charge in [0.05, 0.1) is 5.69 Å². The van der Waals surface area contributed by atoms with E-state index in [4.69, 9.17) is 4.98 Å². The van der Waals surface area contributed by atoms with Gasteiger partial charge in [0.25, 0.3) is 0 Å². The van der Waals surface area contributed by atoms with E-state index in [0.717, 1.165) is 24.4 Å². The molecule has 3 nitrogen and oxygen atoms in total. The van der Waals surface area contributed by atoms with E-state index < -0.39 is 0 Å². The van der Waals surface area contributed by atoms with Gasteiger partial charge in [-0.1, -0.05) is 13.3 Å². The number of aromatic nitrogens is 1. The predicted molar refractivity (Wildman–Crippen MR) is 89.2 cm³/mol. The van der Waals surface area contributed by atoms with Gasteiger partial charge < -0.3 is 10.2 Å². The monoisotopic (exact) mass is 305 g/mol. The highest BCUT2D eigenvalue weighted by Crippen LogP contribution is 2.44. The molecule has 3 fully saturated rings. The summed E-state index contributed by atoms with van der Waals surface area (Å²) in [5, 5.41) is 4.98. The number of rotatable bonds is 6. The Bertz CT molecular complexity index is 482. The number of nitrogens with one attached hydrogen (secondary N) is 1. The molecule has 1 aliphatic heterocycles. The predicted octanol–water partition coefficient (Wildman–Crippen LogP) is 3.90. The van der Waals surface area contributed by atoms with Crippen molar-refractivity contribution < 1.29 is 0 Å². The standard InChI is InChI=1S/C17H27N3S/c1-2-12-7-9-20(10-8-12)17-19-16(13-3-4-13)15(21-17)11-18-14-5-6-14/h12-14,18H,2-11H2,1H3. The summed E-state index contributed by atoms with van der Waals surface area (Å²) in [7, 11) is 0. The summed E-state index contributed by atoms with van der Waals surface area (Å²) in [6.45, 7) is 5.81. The van der Waals surface area contributed by atoms with E-state index in [1.54, 1.807) is 0 Å². The fourth-order valence-electron chi connectivity index (χ4n) is 3.35. The van der Waals surface area contributed by atoms with Crippen LogP contribution in [0.2, 0.25) is 0 Å². The zero-order valence-electron chi connectivity index (χ0n) is 13.1. The number of thiazole rings is 1. The molecule has 0 radical (unpaired) electrons. The minimum absolute atomic E-state index is 0.777. The molecular formula is C17H27N3S. The van der Waals surface area contributed by atoms with Crippen LogP contribution in [0, 0.1) is 5.92 Å². The summed E-state index contributed by atoms with van der Waals surface area (Å²) in [4.78, 5) is 9.12. The van der Waals surface area contributed by atoms with Crippen LogP contribution < -0.4 is 10.2 Å². The maximum Gasteiger partial charge on any atom is 0.185 e. The first-order valence-corrected chi connectivity index (χ1v) is 9.63. The van der Waals surface area contributed by atoms with Crippen molar-refractivity contribution in [3.63, 3.8) is 0 Å². The number of piperidine rings is 1. The van der Waals surface area contributed by atoms with Crippen molar-refractivity contribution in [1.29, 1.82) is 0 Å². The summed E-state index contributed by atoms with van der Waals surface area (Å²) < 4.78 is 0. The van der Waals surface area contributed by atoms with E-state index in [-0.39, 0.29) is 0 Å². The molecular weight excluding hydrogens is 278 g/mol. The zero-order chi connectivity index (χ0) is 14.2. The summed E-state index contributed by atoms with van der Waals surface area (Å²) in [5.41, 5.74) is 1.43. The highest BCUT2D eigenvalue weighted by molar-refractivity contribution is 7.15. The third-order valence-corrected chi connectivity index (χ3v) is 6.40. The molecule has 0 amide bonds. The van der Waals surface area contributed by atoms with E-state index >= 15 is 0 Å². The SMILES string of the molecule is CCC1CCN(c2nc(C3CC3)c(CNC3CC3)s2)CC1. The molecule has 0 aromatic carbocycles. The van der Waals surface area contributed by atoms with Crippen molar-refractivity contribution in [3.8, 4) is 0 Å². The third-order valence-electron chi connectivity index (χ3n) is 5.27. The van der Waals surface area contributed by atoms with Crippen molar-refractivity contribution in [2.24, 2.45) is 5.92 Å². The maximum absolute atomic E-state index is 5.05. The van der Waals surface area contributed by atoms with Crippen LogP contribution in [0.3, 0.4) is 0 Å². The molecule has 3 aliphatic rings. The van der Waals surface area contributed by atoms with Gasteiger partial charge in [-0.25, -0.2) is 4.98 Å². The van der Waals surface area contributed by atoms with Gasteiger partial charge in [-0.3, -0.25) is 0 Å². The zero-order valence-corrected chi connectivity index (χ0v) is 13.9. The molecule has 1 N–H and O–H groups in total. The molecule has 21 heavy (non-hydrogen) atoms. The molecule has 1 aromatic heterocycles. The van der Waals surface area contributed by atoms with Crippen LogP contribution >= 0.6 is 11.3 Å². The van der Waals surface area contributed by atoms with Crippen LogP contribution in [-0.2, 0) is 6.54 Å². The Hall–Kier alpha value is -0.610. The molecule has 2 heterocycles. The second kappa shape index (κ2) is 5.88. The molecule has 0 bridgehead atoms. The van der Waals surface area contributed by atoms with Gasteiger partial charge in [0.1, 0.15) is 0 Å². The first-order chi connectivity index (χ1) is 10.3. The average molecular weight is 305 g/mol. The van der Waals surface area contributed by atoms with E-state index in [9.17, 15) is 0 Å². The molecule has 1 saturated heterocycles. The van der Waals surface area contributed by atoms with Crippen LogP contribution in [-0.4, -0.2) is 24.1 Å². The van der Waals surface area contributed by atoms with Gasteiger partial charge in [-0.15, -0.1) is 11.3 Å². The Morgan fingerprint density at radius 1 is 1.14 bits per heavy atom. The lowest BCUT2D eigenvalue weighted by Crippen LogP contribution is -2.33. The molecule has 2 aliphatic carbocycles. The molecule has 2 saturated carbocycles. The van der Waals surface area contributed by atoms with Gasteiger partial charge >= 0.3 is 0 Å². The lowest BCUT2D eigenvalue weighted by atomic mass is 9.95. The first-order valence-electron chi connectivity index (χ1n) is 8.81. The number of anilines is 1. The van der Waals surface area contributed by atoms with Gasteiger partial charge in [0.15, 0.2) is 5.13 Å². The van der Waals surface area contributed by atoms with Gasteiger partial charge in [-0.05, 0) is 44.4 Å². The third kappa shape index (κ3) is 3.26. The molecule has 116 valence electrons. The number of hydrogen-bond acceptors (Lipinski definition) is 4. The smallest absolute Gasteiger partial charge is 0.185 e. The Kier molecular flexibility index (Phi) is 3.92. The summed E-state index contributed by atoms with van der Waals surface area (Å²) >= 11 is 1.97. The van der Waals surface area contributed by atoms with Crippen molar-refractivity contribution in [2.45, 2.75) is 70.4 Å². The largest absolute Gasteiger partial charge is 0.348 e. The van der Waals surface area contributed by atoms with E-state index in [0.29, 0.717) is 0 Å². The van der Waals surface area contributed by atoms with Crippen molar-refractivity contribution in [3.05, 3.63) is 10.6 Å². The molecule has 4 heteroatoms. The molecule has 0 atom stereocenters. The minimum Gasteiger partial charge on any atom is -0.348 e. The van der Waals surface area contributed by atoms with Gasteiger partial charge in [0.2, 0.25) is 0 Å². The second-order valence-electron chi connectivity index (χ2n) is 7.07. The van der Waals surface area contributed by atoms with Gasteiger partial charge in [-0.2, -0.15) is 0 Å². The van der Waals surface area contributed by atoms with Crippen molar-refractivity contribution in [2.75, 3.05) is 18.0 Å². The Morgan fingerprint density at radius 2 is 1.90 bits per heavy atom. The Balaban J connectivity index is 1.45. The highest BCUT2D eigenvalue weighted by atomic mass is 32.1. The van der Waals surface area contributed by atoms with Crippen LogP contribution in [0.4, 0.5) is 5.13 Å². The normalized spacial score (nSPS) is 23.8. The van der Waals surface area contributed by atoms with Crippen LogP contribution in [0.5, 0.6) is 0 Å². The summed E-state index contributed by atoms with van der Waals surface area (Å²) in [6, 6.07) is 0.794. The molecule has 1 aromatic rings. The van der Waals surface area contributed by atoms with Gasteiger partial charge in [0, 0.05) is 36.5 Å². The van der Waals surface area contributed by atoms with Crippen molar-refractivity contribution >= 4 is 16.5 Å². The fraction of sp³-hybridized carbons (Fsp3) is 0.824. The van der Waals surface area contributed by atoms with E-state index in [1.807, 2.05) is 11.3 Å². The highest BCUT2D eigenvalue weighted by Gasteiger charge is 2.32. The van der Waals surface area contributed by atoms with Crippen molar-refractivity contribution in [1.82, 2.24) is 10.3 Å². The second-order valence-corrected chi connectivity index (χ2v) is 8.14. The molecule has 4 rings (SSSR count). The summed E-state index contributed by atoms with van der Waals surface area (Å²) in [5.74, 6) is 1.72.